The maximum atomic E-state index is 11.3. The topological polar surface area (TPSA) is 55.4 Å². The van der Waals surface area contributed by atoms with Crippen molar-refractivity contribution in [2.75, 3.05) is 18.3 Å². The van der Waals surface area contributed by atoms with Crippen LogP contribution >= 0.6 is 22.9 Å². The van der Waals surface area contributed by atoms with E-state index in [2.05, 4.69) is 10.1 Å². The standard InChI is InChI=1S/C9H10ClNO3S/c1-5-8(11-7(12)3-10)6(4-15-5)9(13)14-2/h4H,3H2,1-2H3,(H,11,12). The van der Waals surface area contributed by atoms with E-state index in [1.54, 1.807) is 12.3 Å². The number of carbonyl (C=O) groups is 2. The van der Waals surface area contributed by atoms with Crippen molar-refractivity contribution in [1.82, 2.24) is 0 Å². The number of rotatable bonds is 3. The minimum Gasteiger partial charge on any atom is -0.465 e. The highest BCUT2D eigenvalue weighted by molar-refractivity contribution is 7.10. The number of methoxy groups -OCH3 is 1. The van der Waals surface area contributed by atoms with Gasteiger partial charge in [0.1, 0.15) is 5.88 Å². The first-order chi connectivity index (χ1) is 7.10. The summed E-state index contributed by atoms with van der Waals surface area (Å²) in [7, 11) is 1.29. The zero-order valence-corrected chi connectivity index (χ0v) is 9.87. The van der Waals surface area contributed by atoms with Crippen LogP contribution in [0.1, 0.15) is 15.2 Å². The van der Waals surface area contributed by atoms with Gasteiger partial charge in [-0.1, -0.05) is 0 Å². The van der Waals surface area contributed by atoms with Gasteiger partial charge in [0.05, 0.1) is 18.4 Å². The minimum atomic E-state index is -0.468. The summed E-state index contributed by atoms with van der Waals surface area (Å²) in [6, 6.07) is 0. The molecule has 0 fully saturated rings. The Morgan fingerprint density at radius 2 is 2.27 bits per heavy atom. The van der Waals surface area contributed by atoms with Crippen molar-refractivity contribution >= 4 is 40.5 Å². The van der Waals surface area contributed by atoms with Crippen LogP contribution in [0.4, 0.5) is 5.69 Å². The van der Waals surface area contributed by atoms with E-state index < -0.39 is 5.97 Å². The van der Waals surface area contributed by atoms with Crippen molar-refractivity contribution in [2.24, 2.45) is 0 Å². The molecular formula is C9H10ClNO3S. The predicted octanol–water partition coefficient (Wildman–Crippen LogP) is 2.02. The Labute approximate surface area is 96.2 Å². The molecule has 1 aromatic rings. The summed E-state index contributed by atoms with van der Waals surface area (Å²) >= 11 is 6.73. The predicted molar refractivity (Wildman–Crippen MR) is 59.7 cm³/mol. The van der Waals surface area contributed by atoms with Gasteiger partial charge in [-0.15, -0.1) is 22.9 Å². The first kappa shape index (κ1) is 12.0. The van der Waals surface area contributed by atoms with Gasteiger partial charge in [0.15, 0.2) is 0 Å². The van der Waals surface area contributed by atoms with E-state index in [9.17, 15) is 9.59 Å². The number of ether oxygens (including phenoxy) is 1. The summed E-state index contributed by atoms with van der Waals surface area (Å²) in [5.41, 5.74) is 0.843. The van der Waals surface area contributed by atoms with E-state index in [0.717, 1.165) is 4.88 Å². The third-order valence-corrected chi connectivity index (χ3v) is 2.92. The molecule has 0 aliphatic carbocycles. The lowest BCUT2D eigenvalue weighted by atomic mass is 10.2. The number of anilines is 1. The van der Waals surface area contributed by atoms with E-state index in [1.807, 2.05) is 0 Å². The second kappa shape index (κ2) is 5.14. The quantitative estimate of drug-likeness (QED) is 0.657. The lowest BCUT2D eigenvalue weighted by Gasteiger charge is -2.05. The lowest BCUT2D eigenvalue weighted by Crippen LogP contribution is -2.15. The zero-order valence-electron chi connectivity index (χ0n) is 8.30. The number of aryl methyl sites for hydroxylation is 1. The third-order valence-electron chi connectivity index (χ3n) is 1.77. The largest absolute Gasteiger partial charge is 0.465 e. The fourth-order valence-electron chi connectivity index (χ4n) is 1.04. The Kier molecular flexibility index (Phi) is 4.11. The molecule has 1 heterocycles. The van der Waals surface area contributed by atoms with Crippen molar-refractivity contribution in [1.29, 1.82) is 0 Å². The molecule has 4 nitrogen and oxygen atoms in total. The van der Waals surface area contributed by atoms with Crippen molar-refractivity contribution in [3.63, 3.8) is 0 Å². The first-order valence-corrected chi connectivity index (χ1v) is 5.53. The molecule has 0 bridgehead atoms. The Balaban J connectivity index is 2.99. The highest BCUT2D eigenvalue weighted by Crippen LogP contribution is 2.27. The summed E-state index contributed by atoms with van der Waals surface area (Å²) in [5.74, 6) is -0.955. The van der Waals surface area contributed by atoms with Crippen molar-refractivity contribution in [3.05, 3.63) is 15.8 Å². The zero-order chi connectivity index (χ0) is 11.4. The van der Waals surface area contributed by atoms with Crippen LogP contribution in [0.2, 0.25) is 0 Å². The summed E-state index contributed by atoms with van der Waals surface area (Å²) in [6.07, 6.45) is 0. The van der Waals surface area contributed by atoms with E-state index in [0.29, 0.717) is 11.3 Å². The van der Waals surface area contributed by atoms with Gasteiger partial charge in [0.25, 0.3) is 0 Å². The number of thiophene rings is 1. The molecule has 0 unspecified atom stereocenters. The molecule has 1 aromatic heterocycles. The smallest absolute Gasteiger partial charge is 0.340 e. The fraction of sp³-hybridized carbons (Fsp3) is 0.333. The molecule has 6 heteroatoms. The number of carbonyl (C=O) groups excluding carboxylic acids is 2. The molecule has 1 amide bonds. The Bertz CT molecular complexity index is 389. The van der Waals surface area contributed by atoms with Crippen LogP contribution < -0.4 is 5.32 Å². The summed E-state index contributed by atoms with van der Waals surface area (Å²) in [5, 5.41) is 4.21. The Hall–Kier alpha value is -1.07. The molecule has 0 atom stereocenters. The van der Waals surface area contributed by atoms with Crippen LogP contribution in [0, 0.1) is 6.92 Å². The highest BCUT2D eigenvalue weighted by Gasteiger charge is 2.17. The summed E-state index contributed by atoms with van der Waals surface area (Å²) in [4.78, 5) is 23.3. The average molecular weight is 248 g/mol. The SMILES string of the molecule is COC(=O)c1csc(C)c1NC(=O)CCl. The molecule has 0 aliphatic rings. The molecule has 0 aromatic carbocycles. The van der Waals surface area contributed by atoms with Gasteiger partial charge in [0, 0.05) is 10.3 Å². The average Bonchev–Trinajstić information content (AvgIpc) is 2.59. The summed E-state index contributed by atoms with van der Waals surface area (Å²) < 4.78 is 4.59. The second-order valence-electron chi connectivity index (χ2n) is 2.75. The second-order valence-corrected chi connectivity index (χ2v) is 4.10. The maximum absolute atomic E-state index is 11.3. The van der Waals surface area contributed by atoms with Crippen LogP contribution in [0.25, 0.3) is 0 Å². The summed E-state index contributed by atoms with van der Waals surface area (Å²) in [6.45, 7) is 1.81. The molecule has 0 spiro atoms. The van der Waals surface area contributed by atoms with Gasteiger partial charge in [-0.2, -0.15) is 0 Å². The molecule has 82 valence electrons. The van der Waals surface area contributed by atoms with Gasteiger partial charge < -0.3 is 10.1 Å². The van der Waals surface area contributed by atoms with Crippen LogP contribution in [0.5, 0.6) is 0 Å². The van der Waals surface area contributed by atoms with Crippen LogP contribution in [0.3, 0.4) is 0 Å². The van der Waals surface area contributed by atoms with Gasteiger partial charge >= 0.3 is 5.97 Å². The number of hydrogen-bond acceptors (Lipinski definition) is 4. The highest BCUT2D eigenvalue weighted by atomic mass is 35.5. The first-order valence-electron chi connectivity index (χ1n) is 4.12. The maximum Gasteiger partial charge on any atom is 0.340 e. The number of amides is 1. The minimum absolute atomic E-state index is 0.143. The molecule has 0 saturated carbocycles. The van der Waals surface area contributed by atoms with E-state index in [1.165, 1.54) is 18.4 Å². The molecule has 15 heavy (non-hydrogen) atoms. The van der Waals surface area contributed by atoms with Crippen LogP contribution in [-0.2, 0) is 9.53 Å². The van der Waals surface area contributed by atoms with Crippen molar-refractivity contribution in [2.45, 2.75) is 6.92 Å². The van der Waals surface area contributed by atoms with Crippen LogP contribution in [0.15, 0.2) is 5.38 Å². The number of hydrogen-bond donors (Lipinski definition) is 1. The Morgan fingerprint density at radius 1 is 1.60 bits per heavy atom. The van der Waals surface area contributed by atoms with Gasteiger partial charge in [-0.05, 0) is 6.92 Å². The van der Waals surface area contributed by atoms with E-state index in [4.69, 9.17) is 11.6 Å². The van der Waals surface area contributed by atoms with Gasteiger partial charge in [0.2, 0.25) is 5.91 Å². The van der Waals surface area contributed by atoms with Gasteiger partial charge in [-0.25, -0.2) is 4.79 Å². The molecule has 0 aliphatic heterocycles. The molecule has 0 radical (unpaired) electrons. The van der Waals surface area contributed by atoms with Gasteiger partial charge in [-0.3, -0.25) is 4.79 Å². The van der Waals surface area contributed by atoms with Crippen molar-refractivity contribution < 1.29 is 14.3 Å². The molecule has 1 N–H and O–H groups in total. The van der Waals surface area contributed by atoms with Crippen LogP contribution in [-0.4, -0.2) is 24.9 Å². The van der Waals surface area contributed by atoms with Crippen molar-refractivity contribution in [3.8, 4) is 0 Å². The monoisotopic (exact) mass is 247 g/mol. The van der Waals surface area contributed by atoms with E-state index >= 15 is 0 Å². The molecular weight excluding hydrogens is 238 g/mol. The number of nitrogens with one attached hydrogen (secondary N) is 1. The number of alkyl halides is 1. The lowest BCUT2D eigenvalue weighted by molar-refractivity contribution is -0.113. The molecule has 1 rings (SSSR count). The number of esters is 1. The number of halogens is 1. The van der Waals surface area contributed by atoms with E-state index in [-0.39, 0.29) is 11.8 Å². The molecule has 0 saturated heterocycles. The normalized spacial score (nSPS) is 9.80. The Morgan fingerprint density at radius 3 is 2.80 bits per heavy atom. The fourth-order valence-corrected chi connectivity index (χ4v) is 1.90. The third kappa shape index (κ3) is 2.70.